The maximum absolute atomic E-state index is 11.3. The van der Waals surface area contributed by atoms with Gasteiger partial charge in [0.25, 0.3) is 5.69 Å². The summed E-state index contributed by atoms with van der Waals surface area (Å²) in [6.07, 6.45) is 0.799. The fourth-order valence-corrected chi connectivity index (χ4v) is 2.36. The standard InChI is InChI=1S/C9H9NO6S/c1-17(15,16)8(9(11)12)6-2-4-7(5-3-6)10(13)14/h2-5,8H,1H3,(H,11,12). The van der Waals surface area contributed by atoms with Gasteiger partial charge in [0, 0.05) is 18.4 Å². The molecule has 0 bridgehead atoms. The number of carboxylic acids is 1. The van der Waals surface area contributed by atoms with Gasteiger partial charge in [0.05, 0.1) is 4.92 Å². The van der Waals surface area contributed by atoms with Crippen molar-refractivity contribution < 1.29 is 23.2 Å². The van der Waals surface area contributed by atoms with Gasteiger partial charge < -0.3 is 5.11 Å². The summed E-state index contributed by atoms with van der Waals surface area (Å²) in [7, 11) is -3.82. The number of carbonyl (C=O) groups is 1. The molecule has 0 heterocycles. The van der Waals surface area contributed by atoms with Crippen LogP contribution in [0.5, 0.6) is 0 Å². The molecule has 0 fully saturated rings. The highest BCUT2D eigenvalue weighted by Gasteiger charge is 2.30. The maximum atomic E-state index is 11.3. The Kier molecular flexibility index (Phi) is 3.47. The van der Waals surface area contributed by atoms with Crippen LogP contribution in [0.25, 0.3) is 0 Å². The van der Waals surface area contributed by atoms with Crippen LogP contribution in [-0.4, -0.2) is 30.7 Å². The zero-order valence-electron chi connectivity index (χ0n) is 8.73. The van der Waals surface area contributed by atoms with Crippen LogP contribution in [0, 0.1) is 10.1 Å². The first-order chi connectivity index (χ1) is 7.73. The smallest absolute Gasteiger partial charge is 0.326 e. The van der Waals surface area contributed by atoms with E-state index in [2.05, 4.69) is 0 Å². The van der Waals surface area contributed by atoms with E-state index >= 15 is 0 Å². The Bertz CT molecular complexity index is 547. The lowest BCUT2D eigenvalue weighted by Gasteiger charge is -2.09. The van der Waals surface area contributed by atoms with Gasteiger partial charge >= 0.3 is 5.97 Å². The number of carboxylic acid groups (broad SMARTS) is 1. The highest BCUT2D eigenvalue weighted by atomic mass is 32.2. The Morgan fingerprint density at radius 1 is 1.35 bits per heavy atom. The molecule has 1 N–H and O–H groups in total. The summed E-state index contributed by atoms with van der Waals surface area (Å²) in [6, 6.07) is 4.38. The normalized spacial score (nSPS) is 13.0. The van der Waals surface area contributed by atoms with E-state index in [4.69, 9.17) is 5.11 Å². The van der Waals surface area contributed by atoms with Crippen molar-refractivity contribution in [3.8, 4) is 0 Å². The number of benzene rings is 1. The monoisotopic (exact) mass is 259 g/mol. The molecule has 7 nitrogen and oxygen atoms in total. The summed E-state index contributed by atoms with van der Waals surface area (Å²) >= 11 is 0. The molecular weight excluding hydrogens is 250 g/mol. The number of non-ortho nitro benzene ring substituents is 1. The Morgan fingerprint density at radius 3 is 2.12 bits per heavy atom. The molecule has 0 spiro atoms. The molecule has 0 radical (unpaired) electrons. The van der Waals surface area contributed by atoms with Gasteiger partial charge in [0.2, 0.25) is 0 Å². The van der Waals surface area contributed by atoms with E-state index in [1.165, 1.54) is 0 Å². The van der Waals surface area contributed by atoms with Crippen LogP contribution in [0.1, 0.15) is 10.8 Å². The first-order valence-electron chi connectivity index (χ1n) is 4.39. The topological polar surface area (TPSA) is 115 Å². The molecule has 0 saturated carbocycles. The van der Waals surface area contributed by atoms with Crippen LogP contribution in [0.15, 0.2) is 24.3 Å². The van der Waals surface area contributed by atoms with Crippen molar-refractivity contribution in [2.45, 2.75) is 5.25 Å². The van der Waals surface area contributed by atoms with Crippen molar-refractivity contribution in [3.63, 3.8) is 0 Å². The van der Waals surface area contributed by atoms with Crippen molar-refractivity contribution >= 4 is 21.5 Å². The van der Waals surface area contributed by atoms with E-state index in [0.29, 0.717) is 0 Å². The Hall–Kier alpha value is -1.96. The minimum Gasteiger partial charge on any atom is -0.480 e. The molecular formula is C9H9NO6S. The molecule has 0 aliphatic carbocycles. The molecule has 0 aliphatic rings. The Labute approximate surface area is 96.8 Å². The van der Waals surface area contributed by atoms with Gasteiger partial charge in [-0.15, -0.1) is 0 Å². The number of nitro benzene ring substituents is 1. The van der Waals surface area contributed by atoms with Crippen LogP contribution in [0.4, 0.5) is 5.69 Å². The molecule has 8 heteroatoms. The van der Waals surface area contributed by atoms with Gasteiger partial charge in [-0.05, 0) is 5.56 Å². The van der Waals surface area contributed by atoms with Crippen molar-refractivity contribution in [1.29, 1.82) is 0 Å². The third-order valence-corrected chi connectivity index (χ3v) is 3.39. The van der Waals surface area contributed by atoms with Gasteiger partial charge in [-0.1, -0.05) is 12.1 Å². The van der Waals surface area contributed by atoms with E-state index in [-0.39, 0.29) is 11.3 Å². The third-order valence-electron chi connectivity index (χ3n) is 2.06. The first-order valence-corrected chi connectivity index (χ1v) is 6.35. The second-order valence-electron chi connectivity index (χ2n) is 3.40. The highest BCUT2D eigenvalue weighted by Crippen LogP contribution is 2.24. The lowest BCUT2D eigenvalue weighted by molar-refractivity contribution is -0.384. The predicted octanol–water partition coefficient (Wildman–Crippen LogP) is 0.765. The van der Waals surface area contributed by atoms with Crippen LogP contribution in [0.3, 0.4) is 0 Å². The fraction of sp³-hybridized carbons (Fsp3) is 0.222. The van der Waals surface area contributed by atoms with Crippen LogP contribution in [0.2, 0.25) is 0 Å². The minimum atomic E-state index is -3.82. The molecule has 0 amide bonds. The quantitative estimate of drug-likeness (QED) is 0.630. The van der Waals surface area contributed by atoms with Crippen molar-refractivity contribution in [1.82, 2.24) is 0 Å². The Balaban J connectivity index is 3.22. The van der Waals surface area contributed by atoms with Crippen molar-refractivity contribution in [2.24, 2.45) is 0 Å². The molecule has 1 aromatic rings. The number of nitrogens with zero attached hydrogens (tertiary/aromatic N) is 1. The molecule has 0 aromatic heterocycles. The number of hydrogen-bond donors (Lipinski definition) is 1. The zero-order chi connectivity index (χ0) is 13.2. The van der Waals surface area contributed by atoms with E-state index in [1.807, 2.05) is 0 Å². The number of aliphatic carboxylic acids is 1. The number of hydrogen-bond acceptors (Lipinski definition) is 5. The Morgan fingerprint density at radius 2 is 1.82 bits per heavy atom. The SMILES string of the molecule is CS(=O)(=O)C(C(=O)O)c1ccc([N+](=O)[O-])cc1. The summed E-state index contributed by atoms with van der Waals surface area (Å²) in [4.78, 5) is 20.6. The van der Waals surface area contributed by atoms with Crippen LogP contribution in [-0.2, 0) is 14.6 Å². The minimum absolute atomic E-state index is 0.00870. The van der Waals surface area contributed by atoms with E-state index < -0.39 is 26.0 Å². The lowest BCUT2D eigenvalue weighted by Crippen LogP contribution is -2.20. The second kappa shape index (κ2) is 4.50. The van der Waals surface area contributed by atoms with E-state index in [0.717, 1.165) is 30.5 Å². The number of sulfone groups is 1. The molecule has 1 rings (SSSR count). The number of nitro groups is 1. The average Bonchev–Trinajstić information content (AvgIpc) is 2.15. The van der Waals surface area contributed by atoms with Crippen molar-refractivity contribution in [2.75, 3.05) is 6.26 Å². The predicted molar refractivity (Wildman–Crippen MR) is 58.3 cm³/mol. The summed E-state index contributed by atoms with van der Waals surface area (Å²) in [5.74, 6) is -1.51. The lowest BCUT2D eigenvalue weighted by atomic mass is 10.1. The van der Waals surface area contributed by atoms with E-state index in [1.54, 1.807) is 0 Å². The maximum Gasteiger partial charge on any atom is 0.326 e. The molecule has 17 heavy (non-hydrogen) atoms. The number of rotatable bonds is 4. The van der Waals surface area contributed by atoms with Gasteiger partial charge in [0.15, 0.2) is 15.1 Å². The summed E-state index contributed by atoms with van der Waals surface area (Å²) in [5, 5.41) is 17.5. The molecule has 0 aliphatic heterocycles. The molecule has 1 unspecified atom stereocenters. The average molecular weight is 259 g/mol. The molecule has 1 aromatic carbocycles. The van der Waals surface area contributed by atoms with Crippen molar-refractivity contribution in [3.05, 3.63) is 39.9 Å². The molecule has 0 saturated heterocycles. The fourth-order valence-electron chi connectivity index (χ4n) is 1.34. The molecule has 92 valence electrons. The highest BCUT2D eigenvalue weighted by molar-refractivity contribution is 7.91. The van der Waals surface area contributed by atoms with E-state index in [9.17, 15) is 23.3 Å². The largest absolute Gasteiger partial charge is 0.480 e. The van der Waals surface area contributed by atoms with Gasteiger partial charge in [-0.3, -0.25) is 14.9 Å². The first kappa shape index (κ1) is 13.1. The van der Waals surface area contributed by atoms with Gasteiger partial charge in [0.1, 0.15) is 0 Å². The van der Waals surface area contributed by atoms with Crippen LogP contribution >= 0.6 is 0 Å². The summed E-state index contributed by atoms with van der Waals surface area (Å²) in [5.41, 5.74) is -0.239. The summed E-state index contributed by atoms with van der Waals surface area (Å²) in [6.45, 7) is 0. The van der Waals surface area contributed by atoms with Crippen LogP contribution < -0.4 is 0 Å². The molecule has 1 atom stereocenters. The van der Waals surface area contributed by atoms with Gasteiger partial charge in [-0.25, -0.2) is 8.42 Å². The third kappa shape index (κ3) is 3.00. The van der Waals surface area contributed by atoms with Gasteiger partial charge in [-0.2, -0.15) is 0 Å². The second-order valence-corrected chi connectivity index (χ2v) is 5.53. The zero-order valence-corrected chi connectivity index (χ0v) is 9.55. The summed E-state index contributed by atoms with van der Waals surface area (Å²) < 4.78 is 22.6.